The SMILES string of the molecule is CCNC(c1cc(C)sc1C)c1occc1C. The zero-order valence-corrected chi connectivity index (χ0v) is 11.6. The molecule has 0 aliphatic rings. The third-order valence-corrected chi connectivity index (χ3v) is 3.94. The molecule has 1 N–H and O–H groups in total. The van der Waals surface area contributed by atoms with Gasteiger partial charge in [0.05, 0.1) is 12.3 Å². The third kappa shape index (κ3) is 2.45. The molecule has 2 nitrogen and oxygen atoms in total. The van der Waals surface area contributed by atoms with E-state index in [0.29, 0.717) is 0 Å². The summed E-state index contributed by atoms with van der Waals surface area (Å²) < 4.78 is 5.64. The molecule has 0 amide bonds. The van der Waals surface area contributed by atoms with E-state index >= 15 is 0 Å². The van der Waals surface area contributed by atoms with E-state index < -0.39 is 0 Å². The second-order valence-electron chi connectivity index (χ2n) is 4.33. The number of thiophene rings is 1. The Bertz CT molecular complexity index is 498. The normalized spacial score (nSPS) is 12.9. The van der Waals surface area contributed by atoms with Crippen molar-refractivity contribution in [3.63, 3.8) is 0 Å². The Labute approximate surface area is 107 Å². The highest BCUT2D eigenvalue weighted by atomic mass is 32.1. The lowest BCUT2D eigenvalue weighted by molar-refractivity contribution is 0.449. The van der Waals surface area contributed by atoms with Gasteiger partial charge in [0.1, 0.15) is 5.76 Å². The fourth-order valence-electron chi connectivity index (χ4n) is 2.17. The predicted octanol–water partition coefficient (Wildman–Crippen LogP) is 3.97. The van der Waals surface area contributed by atoms with E-state index in [-0.39, 0.29) is 6.04 Å². The first-order chi connectivity index (χ1) is 8.13. The van der Waals surface area contributed by atoms with E-state index in [1.165, 1.54) is 20.9 Å². The van der Waals surface area contributed by atoms with Crippen LogP contribution in [-0.2, 0) is 0 Å². The number of hydrogen-bond donors (Lipinski definition) is 1. The Morgan fingerprint density at radius 2 is 2.12 bits per heavy atom. The fourth-order valence-corrected chi connectivity index (χ4v) is 3.13. The molecule has 0 aliphatic carbocycles. The molecule has 2 aromatic rings. The van der Waals surface area contributed by atoms with Crippen LogP contribution in [0.4, 0.5) is 0 Å². The van der Waals surface area contributed by atoms with Gasteiger partial charge in [-0.25, -0.2) is 0 Å². The molecule has 0 spiro atoms. The predicted molar refractivity (Wildman–Crippen MR) is 72.8 cm³/mol. The van der Waals surface area contributed by atoms with Crippen LogP contribution in [-0.4, -0.2) is 6.54 Å². The van der Waals surface area contributed by atoms with Gasteiger partial charge in [-0.15, -0.1) is 11.3 Å². The van der Waals surface area contributed by atoms with Crippen LogP contribution in [0.1, 0.15) is 39.6 Å². The third-order valence-electron chi connectivity index (χ3n) is 2.96. The molecule has 0 saturated carbocycles. The second kappa shape index (κ2) is 5.07. The van der Waals surface area contributed by atoms with E-state index in [2.05, 4.69) is 39.1 Å². The lowest BCUT2D eigenvalue weighted by Crippen LogP contribution is -2.22. The first-order valence-corrected chi connectivity index (χ1v) is 6.79. The molecule has 0 aromatic carbocycles. The minimum absolute atomic E-state index is 0.181. The number of furan rings is 1. The van der Waals surface area contributed by atoms with Crippen LogP contribution in [0, 0.1) is 20.8 Å². The maximum Gasteiger partial charge on any atom is 0.128 e. The molecule has 3 heteroatoms. The molecule has 17 heavy (non-hydrogen) atoms. The maximum absolute atomic E-state index is 5.64. The van der Waals surface area contributed by atoms with Gasteiger partial charge < -0.3 is 9.73 Å². The van der Waals surface area contributed by atoms with Crippen molar-refractivity contribution in [1.29, 1.82) is 0 Å². The van der Waals surface area contributed by atoms with Crippen molar-refractivity contribution in [3.05, 3.63) is 45.0 Å². The lowest BCUT2D eigenvalue weighted by Gasteiger charge is -2.16. The monoisotopic (exact) mass is 249 g/mol. The summed E-state index contributed by atoms with van der Waals surface area (Å²) in [6.07, 6.45) is 1.77. The van der Waals surface area contributed by atoms with Crippen LogP contribution in [0.2, 0.25) is 0 Å². The average molecular weight is 249 g/mol. The first-order valence-electron chi connectivity index (χ1n) is 5.97. The number of aryl methyl sites for hydroxylation is 3. The molecule has 2 heterocycles. The van der Waals surface area contributed by atoms with Gasteiger partial charge in [-0.3, -0.25) is 0 Å². The minimum atomic E-state index is 0.181. The minimum Gasteiger partial charge on any atom is -0.467 e. The van der Waals surface area contributed by atoms with Crippen molar-refractivity contribution in [2.75, 3.05) is 6.54 Å². The number of rotatable bonds is 4. The standard InChI is InChI=1S/C14H19NOS/c1-5-15-13(14-9(2)6-7-16-14)12-8-10(3)17-11(12)4/h6-8,13,15H,5H2,1-4H3. The Balaban J connectivity index is 2.42. The van der Waals surface area contributed by atoms with Crippen LogP contribution in [0.25, 0.3) is 0 Å². The van der Waals surface area contributed by atoms with E-state index in [9.17, 15) is 0 Å². The maximum atomic E-state index is 5.64. The van der Waals surface area contributed by atoms with E-state index in [1.807, 2.05) is 17.4 Å². The molecule has 0 saturated heterocycles. The molecule has 0 radical (unpaired) electrons. The van der Waals surface area contributed by atoms with Gasteiger partial charge in [-0.05, 0) is 50.6 Å². The van der Waals surface area contributed by atoms with Crippen molar-refractivity contribution in [2.24, 2.45) is 0 Å². The molecule has 0 aliphatic heterocycles. The van der Waals surface area contributed by atoms with Crippen molar-refractivity contribution >= 4 is 11.3 Å². The summed E-state index contributed by atoms with van der Waals surface area (Å²) in [5.74, 6) is 1.03. The summed E-state index contributed by atoms with van der Waals surface area (Å²) in [7, 11) is 0. The highest BCUT2D eigenvalue weighted by Gasteiger charge is 2.21. The molecular formula is C14H19NOS. The molecule has 2 aromatic heterocycles. The molecule has 0 bridgehead atoms. The molecule has 1 unspecified atom stereocenters. The first kappa shape index (κ1) is 12.4. The Hall–Kier alpha value is -1.06. The summed E-state index contributed by atoms with van der Waals surface area (Å²) in [6, 6.07) is 4.46. The smallest absolute Gasteiger partial charge is 0.128 e. The lowest BCUT2D eigenvalue weighted by atomic mass is 10.0. The summed E-state index contributed by atoms with van der Waals surface area (Å²) in [5, 5.41) is 3.51. The van der Waals surface area contributed by atoms with Gasteiger partial charge in [0.25, 0.3) is 0 Å². The molecule has 0 fully saturated rings. The molecular weight excluding hydrogens is 230 g/mol. The van der Waals surface area contributed by atoms with Gasteiger partial charge in [0, 0.05) is 9.75 Å². The molecule has 92 valence electrons. The van der Waals surface area contributed by atoms with Crippen LogP contribution in [0.3, 0.4) is 0 Å². The second-order valence-corrected chi connectivity index (χ2v) is 5.79. The zero-order valence-electron chi connectivity index (χ0n) is 10.8. The summed E-state index contributed by atoms with van der Waals surface area (Å²) in [6.45, 7) is 9.48. The van der Waals surface area contributed by atoms with Gasteiger partial charge in [0.15, 0.2) is 0 Å². The molecule has 1 atom stereocenters. The van der Waals surface area contributed by atoms with Crippen molar-refractivity contribution in [1.82, 2.24) is 5.32 Å². The number of hydrogen-bond acceptors (Lipinski definition) is 3. The Morgan fingerprint density at radius 3 is 2.59 bits per heavy atom. The summed E-state index contributed by atoms with van der Waals surface area (Å²) >= 11 is 1.84. The van der Waals surface area contributed by atoms with Crippen LogP contribution in [0.5, 0.6) is 0 Å². The van der Waals surface area contributed by atoms with Crippen molar-refractivity contribution < 1.29 is 4.42 Å². The average Bonchev–Trinajstić information content (AvgIpc) is 2.82. The van der Waals surface area contributed by atoms with Gasteiger partial charge in [0.2, 0.25) is 0 Å². The molecule has 2 rings (SSSR count). The van der Waals surface area contributed by atoms with Crippen LogP contribution < -0.4 is 5.32 Å². The van der Waals surface area contributed by atoms with E-state index in [0.717, 1.165) is 12.3 Å². The fraction of sp³-hybridized carbons (Fsp3) is 0.429. The van der Waals surface area contributed by atoms with Gasteiger partial charge in [-0.2, -0.15) is 0 Å². The van der Waals surface area contributed by atoms with Gasteiger partial charge in [-0.1, -0.05) is 6.92 Å². The largest absolute Gasteiger partial charge is 0.467 e. The Kier molecular flexibility index (Phi) is 3.69. The van der Waals surface area contributed by atoms with Crippen molar-refractivity contribution in [2.45, 2.75) is 33.7 Å². The van der Waals surface area contributed by atoms with Gasteiger partial charge >= 0.3 is 0 Å². The van der Waals surface area contributed by atoms with E-state index in [4.69, 9.17) is 4.42 Å². The van der Waals surface area contributed by atoms with Crippen LogP contribution in [0.15, 0.2) is 22.8 Å². The summed E-state index contributed by atoms with van der Waals surface area (Å²) in [5.41, 5.74) is 2.55. The number of nitrogens with one attached hydrogen (secondary N) is 1. The summed E-state index contributed by atoms with van der Waals surface area (Å²) in [4.78, 5) is 2.72. The van der Waals surface area contributed by atoms with E-state index in [1.54, 1.807) is 6.26 Å². The van der Waals surface area contributed by atoms with Crippen molar-refractivity contribution in [3.8, 4) is 0 Å². The highest BCUT2D eigenvalue weighted by molar-refractivity contribution is 7.12. The zero-order chi connectivity index (χ0) is 12.4. The highest BCUT2D eigenvalue weighted by Crippen LogP contribution is 2.32. The Morgan fingerprint density at radius 1 is 1.35 bits per heavy atom. The van der Waals surface area contributed by atoms with Crippen LogP contribution >= 0.6 is 11.3 Å². The quantitative estimate of drug-likeness (QED) is 0.887. The topological polar surface area (TPSA) is 25.2 Å².